The van der Waals surface area contributed by atoms with Gasteiger partial charge in [0.2, 0.25) is 0 Å². The molecule has 0 saturated heterocycles. The molecule has 0 rings (SSSR count). The lowest BCUT2D eigenvalue weighted by Crippen LogP contribution is -2.19. The van der Waals surface area contributed by atoms with Crippen molar-refractivity contribution in [3.05, 3.63) is 0 Å². The summed E-state index contributed by atoms with van der Waals surface area (Å²) in [6, 6.07) is 0. The molecule has 0 radical (unpaired) electrons. The number of hydrogen-bond donors (Lipinski definition) is 1. The van der Waals surface area contributed by atoms with Crippen molar-refractivity contribution in [3.63, 3.8) is 0 Å². The summed E-state index contributed by atoms with van der Waals surface area (Å²) >= 11 is 3.01. The minimum absolute atomic E-state index is 0.660. The zero-order chi connectivity index (χ0) is 9.82. The molecule has 0 aliphatic rings. The molecular weight excluding hydrogens is 214 g/mol. The van der Waals surface area contributed by atoms with Gasteiger partial charge in [0.25, 0.3) is 0 Å². The molecule has 0 saturated carbocycles. The Morgan fingerprint density at radius 3 is 2.08 bits per heavy atom. The first-order chi connectivity index (χ1) is 5.68. The SMILES string of the molecule is C#CCBr.C#CCNCC(C)C. The van der Waals surface area contributed by atoms with E-state index in [2.05, 4.69) is 46.9 Å². The lowest BCUT2D eigenvalue weighted by atomic mass is 10.2. The summed E-state index contributed by atoms with van der Waals surface area (Å²) in [5.74, 6) is 5.56. The molecule has 0 spiro atoms. The molecule has 0 atom stereocenters. The van der Waals surface area contributed by atoms with Crippen LogP contribution in [0.3, 0.4) is 0 Å². The summed E-state index contributed by atoms with van der Waals surface area (Å²) in [6.45, 7) is 6.02. The van der Waals surface area contributed by atoms with Crippen molar-refractivity contribution in [2.24, 2.45) is 5.92 Å². The average Bonchev–Trinajstić information content (AvgIpc) is 2.05. The van der Waals surface area contributed by atoms with Crippen LogP contribution in [-0.2, 0) is 0 Å². The lowest BCUT2D eigenvalue weighted by molar-refractivity contribution is 0.580. The van der Waals surface area contributed by atoms with Crippen molar-refractivity contribution in [1.29, 1.82) is 0 Å². The Kier molecular flexibility index (Phi) is 15.5. The zero-order valence-corrected chi connectivity index (χ0v) is 9.32. The van der Waals surface area contributed by atoms with E-state index >= 15 is 0 Å². The first kappa shape index (κ1) is 14.1. The molecule has 1 nitrogen and oxygen atoms in total. The van der Waals surface area contributed by atoms with Crippen molar-refractivity contribution in [1.82, 2.24) is 5.32 Å². The van der Waals surface area contributed by atoms with Crippen LogP contribution in [0.4, 0.5) is 0 Å². The van der Waals surface area contributed by atoms with Crippen molar-refractivity contribution >= 4 is 15.9 Å². The highest BCUT2D eigenvalue weighted by Crippen LogP contribution is 1.84. The Balaban J connectivity index is 0. The van der Waals surface area contributed by atoms with Gasteiger partial charge in [-0.1, -0.05) is 41.6 Å². The van der Waals surface area contributed by atoms with Gasteiger partial charge in [-0.05, 0) is 12.5 Å². The molecule has 0 bridgehead atoms. The molecule has 0 aromatic carbocycles. The molecule has 0 amide bonds. The Bertz CT molecular complexity index is 150. The maximum atomic E-state index is 5.00. The largest absolute Gasteiger partial charge is 0.306 e. The molecule has 0 unspecified atom stereocenters. The molecule has 12 heavy (non-hydrogen) atoms. The minimum atomic E-state index is 0.660. The highest BCUT2D eigenvalue weighted by molar-refractivity contribution is 9.09. The van der Waals surface area contributed by atoms with Crippen LogP contribution in [0.2, 0.25) is 0 Å². The summed E-state index contributed by atoms with van der Waals surface area (Å²) in [7, 11) is 0. The van der Waals surface area contributed by atoms with Gasteiger partial charge in [0.15, 0.2) is 0 Å². The van der Waals surface area contributed by atoms with E-state index in [0.29, 0.717) is 17.8 Å². The molecule has 68 valence electrons. The van der Waals surface area contributed by atoms with Crippen molar-refractivity contribution in [2.45, 2.75) is 13.8 Å². The third-order valence-corrected chi connectivity index (χ3v) is 1.18. The van der Waals surface area contributed by atoms with Gasteiger partial charge < -0.3 is 5.32 Å². The van der Waals surface area contributed by atoms with Gasteiger partial charge in [0.1, 0.15) is 0 Å². The highest BCUT2D eigenvalue weighted by Gasteiger charge is 1.87. The van der Waals surface area contributed by atoms with E-state index in [1.54, 1.807) is 0 Å². The Morgan fingerprint density at radius 2 is 1.83 bits per heavy atom. The number of nitrogens with one attached hydrogen (secondary N) is 1. The van der Waals surface area contributed by atoms with Crippen LogP contribution in [0, 0.1) is 30.6 Å². The number of alkyl halides is 1. The predicted molar refractivity (Wildman–Crippen MR) is 59.2 cm³/mol. The number of rotatable bonds is 3. The van der Waals surface area contributed by atoms with Crippen LogP contribution in [0.1, 0.15) is 13.8 Å². The van der Waals surface area contributed by atoms with Crippen molar-refractivity contribution in [2.75, 3.05) is 18.4 Å². The molecule has 0 aromatic rings. The maximum Gasteiger partial charge on any atom is 0.0642 e. The van der Waals surface area contributed by atoms with Gasteiger partial charge in [-0.25, -0.2) is 0 Å². The molecule has 0 aromatic heterocycles. The fourth-order valence-corrected chi connectivity index (χ4v) is 0.433. The van der Waals surface area contributed by atoms with Crippen LogP contribution in [0.15, 0.2) is 0 Å². The molecule has 0 heterocycles. The molecule has 2 heteroatoms. The van der Waals surface area contributed by atoms with Crippen LogP contribution in [0.25, 0.3) is 0 Å². The topological polar surface area (TPSA) is 12.0 Å². The predicted octanol–water partition coefficient (Wildman–Crippen LogP) is 1.88. The quantitative estimate of drug-likeness (QED) is 0.443. The highest BCUT2D eigenvalue weighted by atomic mass is 79.9. The van der Waals surface area contributed by atoms with Gasteiger partial charge in [0, 0.05) is 0 Å². The van der Waals surface area contributed by atoms with Gasteiger partial charge in [0.05, 0.1) is 11.9 Å². The van der Waals surface area contributed by atoms with Crippen molar-refractivity contribution in [3.8, 4) is 24.7 Å². The van der Waals surface area contributed by atoms with E-state index < -0.39 is 0 Å². The van der Waals surface area contributed by atoms with Gasteiger partial charge in [-0.15, -0.1) is 12.8 Å². The van der Waals surface area contributed by atoms with E-state index in [4.69, 9.17) is 12.8 Å². The lowest BCUT2D eigenvalue weighted by Gasteiger charge is -2.01. The number of hydrogen-bond acceptors (Lipinski definition) is 1. The summed E-state index contributed by atoms with van der Waals surface area (Å²) < 4.78 is 0. The minimum Gasteiger partial charge on any atom is -0.306 e. The monoisotopic (exact) mass is 229 g/mol. The van der Waals surface area contributed by atoms with Crippen LogP contribution in [0.5, 0.6) is 0 Å². The van der Waals surface area contributed by atoms with E-state index in [-0.39, 0.29) is 0 Å². The third kappa shape index (κ3) is 22.7. The van der Waals surface area contributed by atoms with Crippen LogP contribution >= 0.6 is 15.9 Å². The summed E-state index contributed by atoms with van der Waals surface area (Å²) in [5.41, 5.74) is 0. The number of halogens is 1. The zero-order valence-electron chi connectivity index (χ0n) is 7.73. The Morgan fingerprint density at radius 1 is 1.33 bits per heavy atom. The second-order valence-electron chi connectivity index (χ2n) is 2.57. The molecule has 0 aliphatic carbocycles. The van der Waals surface area contributed by atoms with E-state index in [1.807, 2.05) is 0 Å². The molecule has 1 N–H and O–H groups in total. The summed E-state index contributed by atoms with van der Waals surface area (Å²) in [6.07, 6.45) is 9.73. The third-order valence-electron chi connectivity index (χ3n) is 0.857. The van der Waals surface area contributed by atoms with E-state index in [0.717, 1.165) is 6.54 Å². The van der Waals surface area contributed by atoms with Gasteiger partial charge >= 0.3 is 0 Å². The average molecular weight is 230 g/mol. The number of terminal acetylenes is 2. The van der Waals surface area contributed by atoms with E-state index in [1.165, 1.54) is 0 Å². The first-order valence-corrected chi connectivity index (χ1v) is 4.94. The standard InChI is InChI=1S/C7H13N.C3H3Br/c1-4-5-8-6-7(2)3;1-2-3-4/h1,7-8H,5-6H2,2-3H3;1H,3H2. The fraction of sp³-hybridized carbons (Fsp3) is 0.600. The van der Waals surface area contributed by atoms with Crippen molar-refractivity contribution < 1.29 is 0 Å². The van der Waals surface area contributed by atoms with Crippen LogP contribution < -0.4 is 5.32 Å². The normalized spacial score (nSPS) is 7.83. The molecule has 0 aliphatic heterocycles. The fourth-order valence-electron chi connectivity index (χ4n) is 0.433. The second-order valence-corrected chi connectivity index (χ2v) is 3.13. The van der Waals surface area contributed by atoms with Crippen LogP contribution in [-0.4, -0.2) is 18.4 Å². The molecule has 0 fully saturated rings. The Hall–Kier alpha value is -0.440. The first-order valence-electron chi connectivity index (χ1n) is 3.82. The molecular formula is C10H16BrN. The summed E-state index contributed by atoms with van der Waals surface area (Å²) in [4.78, 5) is 0. The van der Waals surface area contributed by atoms with Gasteiger partial charge in [-0.3, -0.25) is 0 Å². The van der Waals surface area contributed by atoms with E-state index in [9.17, 15) is 0 Å². The van der Waals surface area contributed by atoms with Gasteiger partial charge in [-0.2, -0.15) is 0 Å². The second kappa shape index (κ2) is 13.2. The smallest absolute Gasteiger partial charge is 0.0642 e. The maximum absolute atomic E-state index is 5.00. The summed E-state index contributed by atoms with van der Waals surface area (Å²) in [5, 5.41) is 3.76. The Labute approximate surface area is 84.4 Å².